The van der Waals surface area contributed by atoms with Crippen molar-refractivity contribution in [1.82, 2.24) is 9.88 Å². The first-order chi connectivity index (χ1) is 11.9. The Balaban J connectivity index is 1.59. The number of aromatic nitrogens is 1. The molecule has 3 rings (SSSR count). The minimum Gasteiger partial charge on any atom is -0.387 e. The number of carbonyl (C=O) groups excluding carboxylic acids is 1. The summed E-state index contributed by atoms with van der Waals surface area (Å²) in [7, 11) is 1.97. The van der Waals surface area contributed by atoms with Gasteiger partial charge in [-0.15, -0.1) is 0 Å². The molecule has 0 aliphatic carbocycles. The van der Waals surface area contributed by atoms with Crippen LogP contribution in [-0.4, -0.2) is 22.2 Å². The largest absolute Gasteiger partial charge is 0.387 e. The van der Waals surface area contributed by atoms with Crippen LogP contribution in [0.1, 0.15) is 11.7 Å². The molecule has 1 aromatic heterocycles. The first kappa shape index (κ1) is 17.6. The predicted octanol–water partition coefficient (Wildman–Crippen LogP) is 4.34. The summed E-state index contributed by atoms with van der Waals surface area (Å²) in [6.45, 7) is 0.0888. The van der Waals surface area contributed by atoms with Gasteiger partial charge in [-0.05, 0) is 47.3 Å². The molecule has 0 saturated heterocycles. The van der Waals surface area contributed by atoms with Gasteiger partial charge >= 0.3 is 6.03 Å². The number of carbonyl (C=O) groups is 1. The number of anilines is 1. The van der Waals surface area contributed by atoms with E-state index in [1.165, 1.54) is 0 Å². The highest BCUT2D eigenvalue weighted by Crippen LogP contribution is 2.25. The summed E-state index contributed by atoms with van der Waals surface area (Å²) in [6, 6.07) is 12.1. The van der Waals surface area contributed by atoms with Crippen LogP contribution in [0.5, 0.6) is 0 Å². The van der Waals surface area contributed by atoms with Gasteiger partial charge in [-0.25, -0.2) is 4.79 Å². The lowest BCUT2D eigenvalue weighted by Crippen LogP contribution is -2.32. The molecule has 1 unspecified atom stereocenters. The summed E-state index contributed by atoms with van der Waals surface area (Å²) in [5.41, 5.74) is 2.35. The molecule has 0 spiro atoms. The zero-order valence-electron chi connectivity index (χ0n) is 13.5. The number of aryl methyl sites for hydroxylation is 1. The van der Waals surface area contributed by atoms with Crippen molar-refractivity contribution in [3.05, 3.63) is 64.3 Å². The SMILES string of the molecule is Cn1ccc2cc(C(O)CNC(=O)Nc3ccc(Cl)c(Cl)c3)ccc21. The van der Waals surface area contributed by atoms with Crippen LogP contribution in [0.15, 0.2) is 48.7 Å². The zero-order chi connectivity index (χ0) is 18.0. The third-order valence-corrected chi connectivity index (χ3v) is 4.67. The Morgan fingerprint density at radius 2 is 1.96 bits per heavy atom. The molecular formula is C18H17Cl2N3O2. The maximum absolute atomic E-state index is 11.9. The molecule has 7 heteroatoms. The number of nitrogens with one attached hydrogen (secondary N) is 2. The number of aliphatic hydroxyl groups excluding tert-OH is 1. The van der Waals surface area contributed by atoms with Gasteiger partial charge in [0.2, 0.25) is 0 Å². The molecule has 3 aromatic rings. The summed E-state index contributed by atoms with van der Waals surface area (Å²) in [5, 5.41) is 17.4. The normalized spacial score (nSPS) is 12.2. The molecule has 2 aromatic carbocycles. The van der Waals surface area contributed by atoms with Gasteiger partial charge in [0.05, 0.1) is 16.1 Å². The second kappa shape index (κ2) is 7.35. The van der Waals surface area contributed by atoms with E-state index in [0.29, 0.717) is 15.7 Å². The minimum atomic E-state index is -0.802. The number of benzene rings is 2. The van der Waals surface area contributed by atoms with Crippen LogP contribution in [0.3, 0.4) is 0 Å². The summed E-state index contributed by atoms with van der Waals surface area (Å²) >= 11 is 11.7. The Kier molecular flexibility index (Phi) is 5.18. The number of hydrogen-bond donors (Lipinski definition) is 3. The second-order valence-electron chi connectivity index (χ2n) is 5.72. The molecule has 2 amide bonds. The Morgan fingerprint density at radius 1 is 1.16 bits per heavy atom. The van der Waals surface area contributed by atoms with Crippen LogP contribution in [0.25, 0.3) is 10.9 Å². The highest BCUT2D eigenvalue weighted by Gasteiger charge is 2.11. The minimum absolute atomic E-state index is 0.0888. The number of hydrogen-bond acceptors (Lipinski definition) is 2. The van der Waals surface area contributed by atoms with Crippen molar-refractivity contribution in [2.24, 2.45) is 7.05 Å². The van der Waals surface area contributed by atoms with Gasteiger partial charge in [0.1, 0.15) is 0 Å². The maximum atomic E-state index is 11.9. The molecule has 3 N–H and O–H groups in total. The topological polar surface area (TPSA) is 66.3 Å². The maximum Gasteiger partial charge on any atom is 0.319 e. The number of nitrogens with zero attached hydrogens (tertiary/aromatic N) is 1. The molecule has 25 heavy (non-hydrogen) atoms. The van der Waals surface area contributed by atoms with Crippen molar-refractivity contribution in [2.75, 3.05) is 11.9 Å². The van der Waals surface area contributed by atoms with Gasteiger partial charge in [0, 0.05) is 31.0 Å². The van der Waals surface area contributed by atoms with Crippen LogP contribution in [0, 0.1) is 0 Å². The average Bonchev–Trinajstić information content (AvgIpc) is 2.96. The van der Waals surface area contributed by atoms with E-state index in [1.54, 1.807) is 18.2 Å². The molecular weight excluding hydrogens is 361 g/mol. The average molecular weight is 378 g/mol. The monoisotopic (exact) mass is 377 g/mol. The lowest BCUT2D eigenvalue weighted by molar-refractivity contribution is 0.175. The third-order valence-electron chi connectivity index (χ3n) is 3.93. The van der Waals surface area contributed by atoms with Crippen LogP contribution in [-0.2, 0) is 7.05 Å². The van der Waals surface area contributed by atoms with Crippen LogP contribution >= 0.6 is 23.2 Å². The molecule has 1 heterocycles. The van der Waals surface area contributed by atoms with Crippen molar-refractivity contribution in [1.29, 1.82) is 0 Å². The number of urea groups is 1. The van der Waals surface area contributed by atoms with Crippen molar-refractivity contribution in [2.45, 2.75) is 6.10 Å². The van der Waals surface area contributed by atoms with E-state index < -0.39 is 12.1 Å². The number of amides is 2. The molecule has 0 radical (unpaired) electrons. The first-order valence-electron chi connectivity index (χ1n) is 7.67. The van der Waals surface area contributed by atoms with Gasteiger partial charge in [-0.1, -0.05) is 29.3 Å². The number of fused-ring (bicyclic) bond motifs is 1. The molecule has 130 valence electrons. The molecule has 0 aliphatic rings. The zero-order valence-corrected chi connectivity index (χ0v) is 15.0. The summed E-state index contributed by atoms with van der Waals surface area (Å²) in [5.74, 6) is 0. The lowest BCUT2D eigenvalue weighted by Gasteiger charge is -2.13. The number of rotatable bonds is 4. The number of halogens is 2. The molecule has 1 atom stereocenters. The van der Waals surface area contributed by atoms with Crippen molar-refractivity contribution < 1.29 is 9.90 Å². The number of aliphatic hydroxyl groups is 1. The van der Waals surface area contributed by atoms with Crippen LogP contribution < -0.4 is 10.6 Å². The lowest BCUT2D eigenvalue weighted by atomic mass is 10.1. The smallest absolute Gasteiger partial charge is 0.319 e. The van der Waals surface area contributed by atoms with E-state index >= 15 is 0 Å². The Morgan fingerprint density at radius 3 is 2.72 bits per heavy atom. The van der Waals surface area contributed by atoms with Crippen molar-refractivity contribution in [3.8, 4) is 0 Å². The van der Waals surface area contributed by atoms with Gasteiger partial charge in [0.25, 0.3) is 0 Å². The summed E-state index contributed by atoms with van der Waals surface area (Å²) < 4.78 is 2.01. The summed E-state index contributed by atoms with van der Waals surface area (Å²) in [6.07, 6.45) is 1.16. The predicted molar refractivity (Wildman–Crippen MR) is 101 cm³/mol. The van der Waals surface area contributed by atoms with E-state index in [-0.39, 0.29) is 6.54 Å². The van der Waals surface area contributed by atoms with E-state index in [1.807, 2.05) is 42.1 Å². The third kappa shape index (κ3) is 4.07. The van der Waals surface area contributed by atoms with Crippen LogP contribution in [0.2, 0.25) is 10.0 Å². The van der Waals surface area contributed by atoms with Crippen LogP contribution in [0.4, 0.5) is 10.5 Å². The highest BCUT2D eigenvalue weighted by atomic mass is 35.5. The van der Waals surface area contributed by atoms with E-state index in [4.69, 9.17) is 23.2 Å². The molecule has 0 fully saturated rings. The first-order valence-corrected chi connectivity index (χ1v) is 8.42. The summed E-state index contributed by atoms with van der Waals surface area (Å²) in [4.78, 5) is 11.9. The van der Waals surface area contributed by atoms with Gasteiger partial charge in [-0.2, -0.15) is 0 Å². The van der Waals surface area contributed by atoms with Crippen molar-refractivity contribution >= 4 is 45.8 Å². The Bertz CT molecular complexity index is 924. The molecule has 0 aliphatic heterocycles. The van der Waals surface area contributed by atoms with E-state index in [2.05, 4.69) is 10.6 Å². The standard InChI is InChI=1S/C18H17Cl2N3O2/c1-23-7-6-11-8-12(2-5-16(11)23)17(24)10-21-18(25)22-13-3-4-14(19)15(20)9-13/h2-9,17,24H,10H2,1H3,(H2,21,22,25). The van der Waals surface area contributed by atoms with Gasteiger partial charge in [0.15, 0.2) is 0 Å². The second-order valence-corrected chi connectivity index (χ2v) is 6.54. The van der Waals surface area contributed by atoms with E-state index in [9.17, 15) is 9.90 Å². The highest BCUT2D eigenvalue weighted by molar-refractivity contribution is 6.42. The fourth-order valence-electron chi connectivity index (χ4n) is 2.56. The molecule has 0 saturated carbocycles. The van der Waals surface area contributed by atoms with Gasteiger partial charge < -0.3 is 20.3 Å². The fraction of sp³-hybridized carbons (Fsp3) is 0.167. The van der Waals surface area contributed by atoms with Gasteiger partial charge in [-0.3, -0.25) is 0 Å². The van der Waals surface area contributed by atoms with E-state index in [0.717, 1.165) is 16.5 Å². The Labute approximate surface area is 155 Å². The van der Waals surface area contributed by atoms with Crippen molar-refractivity contribution in [3.63, 3.8) is 0 Å². The quantitative estimate of drug-likeness (QED) is 0.632. The molecule has 5 nitrogen and oxygen atoms in total. The molecule has 0 bridgehead atoms. The Hall–Kier alpha value is -2.21. The fourth-order valence-corrected chi connectivity index (χ4v) is 2.86.